The van der Waals surface area contributed by atoms with Gasteiger partial charge >= 0.3 is 0 Å². The minimum Gasteiger partial charge on any atom is -0.347 e. The van der Waals surface area contributed by atoms with Crippen LogP contribution in [0.1, 0.15) is 16.1 Å². The van der Waals surface area contributed by atoms with Gasteiger partial charge in [-0.15, -0.1) is 0 Å². The number of nitrogens with zero attached hydrogens (tertiary/aromatic N) is 2. The van der Waals surface area contributed by atoms with E-state index in [2.05, 4.69) is 15.3 Å². The fourth-order valence-electron chi connectivity index (χ4n) is 2.21. The summed E-state index contributed by atoms with van der Waals surface area (Å²) in [7, 11) is -3.54. The van der Waals surface area contributed by atoms with Crippen molar-refractivity contribution >= 4 is 15.7 Å². The normalized spacial score (nSPS) is 11.0. The van der Waals surface area contributed by atoms with E-state index in [-0.39, 0.29) is 27.9 Å². The Hall–Kier alpha value is -3.06. The average Bonchev–Trinajstić information content (AvgIpc) is 2.68. The van der Waals surface area contributed by atoms with Crippen molar-refractivity contribution in [2.75, 3.05) is 0 Å². The van der Waals surface area contributed by atoms with Crippen LogP contribution in [-0.4, -0.2) is 24.3 Å². The third kappa shape index (κ3) is 3.89. The monoisotopic (exact) mass is 353 g/mol. The number of sulfone groups is 1. The van der Waals surface area contributed by atoms with Gasteiger partial charge in [0, 0.05) is 18.9 Å². The molecule has 0 bridgehead atoms. The maximum Gasteiger partial charge on any atom is 0.271 e. The Labute approximate surface area is 145 Å². The molecule has 0 fully saturated rings. The molecule has 126 valence electrons. The van der Waals surface area contributed by atoms with Gasteiger partial charge in [-0.1, -0.05) is 30.3 Å². The van der Waals surface area contributed by atoms with Crippen LogP contribution in [0.25, 0.3) is 0 Å². The quantitative estimate of drug-likeness (QED) is 0.760. The van der Waals surface area contributed by atoms with E-state index in [9.17, 15) is 13.2 Å². The summed E-state index contributed by atoms with van der Waals surface area (Å²) in [6, 6.07) is 14.7. The Balaban J connectivity index is 1.70. The molecule has 1 aromatic heterocycles. The van der Waals surface area contributed by atoms with E-state index >= 15 is 0 Å². The van der Waals surface area contributed by atoms with Crippen molar-refractivity contribution < 1.29 is 13.2 Å². The summed E-state index contributed by atoms with van der Waals surface area (Å²) in [6.45, 7) is 0.265. The minimum atomic E-state index is -3.54. The third-order valence-electron chi connectivity index (χ3n) is 3.54. The Bertz CT molecular complexity index is 957. The molecule has 0 unspecified atom stereocenters. The third-order valence-corrected chi connectivity index (χ3v) is 5.32. The van der Waals surface area contributed by atoms with E-state index in [0.29, 0.717) is 0 Å². The van der Waals surface area contributed by atoms with E-state index in [4.69, 9.17) is 0 Å². The highest BCUT2D eigenvalue weighted by Gasteiger charge is 2.16. The smallest absolute Gasteiger partial charge is 0.271 e. The van der Waals surface area contributed by atoms with Crippen molar-refractivity contribution in [3.8, 4) is 0 Å². The van der Waals surface area contributed by atoms with Crippen molar-refractivity contribution in [2.24, 2.45) is 0 Å². The van der Waals surface area contributed by atoms with Crippen LogP contribution in [0.15, 0.2) is 83.0 Å². The Morgan fingerprint density at radius 1 is 0.920 bits per heavy atom. The lowest BCUT2D eigenvalue weighted by Crippen LogP contribution is -2.23. The molecule has 0 radical (unpaired) electrons. The number of carbonyl (C=O) groups is 1. The summed E-state index contributed by atoms with van der Waals surface area (Å²) in [4.78, 5) is 20.1. The van der Waals surface area contributed by atoms with Crippen LogP contribution < -0.4 is 5.32 Å². The fourth-order valence-corrected chi connectivity index (χ4v) is 3.49. The molecule has 1 amide bonds. The number of rotatable bonds is 5. The summed E-state index contributed by atoms with van der Waals surface area (Å²) in [6.07, 6.45) is 4.31. The van der Waals surface area contributed by atoms with Crippen molar-refractivity contribution in [2.45, 2.75) is 16.3 Å². The first-order chi connectivity index (χ1) is 12.1. The number of benzene rings is 2. The van der Waals surface area contributed by atoms with Crippen molar-refractivity contribution in [1.82, 2.24) is 15.3 Å². The summed E-state index contributed by atoms with van der Waals surface area (Å²) in [5.74, 6) is -0.339. The van der Waals surface area contributed by atoms with Crippen molar-refractivity contribution in [1.29, 1.82) is 0 Å². The maximum absolute atomic E-state index is 12.5. The number of hydrogen-bond donors (Lipinski definition) is 1. The average molecular weight is 353 g/mol. The van der Waals surface area contributed by atoms with Crippen molar-refractivity contribution in [3.63, 3.8) is 0 Å². The van der Waals surface area contributed by atoms with Crippen LogP contribution in [-0.2, 0) is 16.4 Å². The predicted molar refractivity (Wildman–Crippen MR) is 91.5 cm³/mol. The molecule has 0 aliphatic rings. The number of hydrogen-bond acceptors (Lipinski definition) is 5. The Kier molecular flexibility index (Phi) is 4.85. The molecule has 0 aliphatic carbocycles. The lowest BCUT2D eigenvalue weighted by molar-refractivity contribution is 0.0945. The van der Waals surface area contributed by atoms with E-state index in [0.717, 1.165) is 5.56 Å². The summed E-state index contributed by atoms with van der Waals surface area (Å²) < 4.78 is 25.0. The van der Waals surface area contributed by atoms with Gasteiger partial charge in [0.15, 0.2) is 0 Å². The molecule has 1 N–H and O–H groups in total. The molecule has 7 heteroatoms. The lowest BCUT2D eigenvalue weighted by Gasteiger charge is -2.07. The van der Waals surface area contributed by atoms with E-state index in [1.807, 2.05) is 0 Å². The molecule has 0 saturated carbocycles. The SMILES string of the molecule is O=C(NCc1ccc(S(=O)(=O)c2ccccc2)cc1)c1cnccn1. The van der Waals surface area contributed by atoms with Gasteiger partial charge in [0.05, 0.1) is 16.0 Å². The van der Waals surface area contributed by atoms with Gasteiger partial charge < -0.3 is 5.32 Å². The van der Waals surface area contributed by atoms with Crippen LogP contribution in [0.4, 0.5) is 0 Å². The first-order valence-electron chi connectivity index (χ1n) is 7.51. The number of carbonyl (C=O) groups excluding carboxylic acids is 1. The van der Waals surface area contributed by atoms with Crippen LogP contribution in [0, 0.1) is 0 Å². The van der Waals surface area contributed by atoms with Crippen LogP contribution in [0.5, 0.6) is 0 Å². The fraction of sp³-hybridized carbons (Fsp3) is 0.0556. The molecule has 0 atom stereocenters. The molecule has 2 aromatic carbocycles. The summed E-state index contributed by atoms with van der Waals surface area (Å²) >= 11 is 0. The standard InChI is InChI=1S/C18H15N3O3S/c22-18(17-13-19-10-11-20-17)21-12-14-6-8-16(9-7-14)25(23,24)15-4-2-1-3-5-15/h1-11,13H,12H2,(H,21,22). The molecule has 1 heterocycles. The first-order valence-corrected chi connectivity index (χ1v) is 8.99. The van der Waals surface area contributed by atoms with Gasteiger partial charge in [-0.2, -0.15) is 0 Å². The van der Waals surface area contributed by atoms with Gasteiger partial charge in [0.25, 0.3) is 5.91 Å². The molecule has 0 saturated heterocycles. The van der Waals surface area contributed by atoms with Gasteiger partial charge in [-0.05, 0) is 29.8 Å². The highest BCUT2D eigenvalue weighted by molar-refractivity contribution is 7.91. The molecule has 6 nitrogen and oxygen atoms in total. The molecular weight excluding hydrogens is 338 g/mol. The lowest BCUT2D eigenvalue weighted by atomic mass is 10.2. The van der Waals surface area contributed by atoms with E-state index < -0.39 is 9.84 Å². The summed E-state index contributed by atoms with van der Waals surface area (Å²) in [5, 5.41) is 2.71. The largest absolute Gasteiger partial charge is 0.347 e. The molecule has 3 aromatic rings. The second kappa shape index (κ2) is 7.23. The van der Waals surface area contributed by atoms with Gasteiger partial charge in [0.1, 0.15) is 5.69 Å². The Morgan fingerprint density at radius 3 is 2.24 bits per heavy atom. The molecule has 25 heavy (non-hydrogen) atoms. The van der Waals surface area contributed by atoms with E-state index in [1.54, 1.807) is 42.5 Å². The zero-order valence-corrected chi connectivity index (χ0v) is 14.0. The Morgan fingerprint density at radius 2 is 1.60 bits per heavy atom. The highest BCUT2D eigenvalue weighted by Crippen LogP contribution is 2.20. The molecule has 0 spiro atoms. The minimum absolute atomic E-state index is 0.211. The predicted octanol–water partition coefficient (Wildman–Crippen LogP) is 2.24. The van der Waals surface area contributed by atoms with Crippen LogP contribution in [0.2, 0.25) is 0 Å². The van der Waals surface area contributed by atoms with E-state index in [1.165, 1.54) is 30.7 Å². The zero-order valence-electron chi connectivity index (χ0n) is 13.2. The van der Waals surface area contributed by atoms with Gasteiger partial charge in [-0.25, -0.2) is 13.4 Å². The molecule has 0 aliphatic heterocycles. The second-order valence-corrected chi connectivity index (χ2v) is 7.18. The van der Waals surface area contributed by atoms with Crippen LogP contribution in [0.3, 0.4) is 0 Å². The first kappa shape index (κ1) is 16.8. The number of aromatic nitrogens is 2. The second-order valence-electron chi connectivity index (χ2n) is 5.23. The highest BCUT2D eigenvalue weighted by atomic mass is 32.2. The molecule has 3 rings (SSSR count). The molecular formula is C18H15N3O3S. The number of nitrogens with one attached hydrogen (secondary N) is 1. The van der Waals surface area contributed by atoms with Gasteiger partial charge in [0.2, 0.25) is 9.84 Å². The van der Waals surface area contributed by atoms with Crippen LogP contribution >= 0.6 is 0 Å². The topological polar surface area (TPSA) is 89.0 Å². The summed E-state index contributed by atoms with van der Waals surface area (Å²) in [5.41, 5.74) is 1.01. The van der Waals surface area contributed by atoms with Gasteiger partial charge in [-0.3, -0.25) is 9.78 Å². The van der Waals surface area contributed by atoms with Crippen molar-refractivity contribution in [3.05, 3.63) is 84.4 Å². The number of amides is 1. The zero-order chi connectivity index (χ0) is 17.7. The maximum atomic E-state index is 12.5.